The number of carbonyl (C=O) groups excluding carboxylic acids is 3. The van der Waals surface area contributed by atoms with Crippen molar-refractivity contribution in [2.45, 2.75) is 64.5 Å². The average Bonchev–Trinajstić information content (AvgIpc) is 2.99. The Labute approximate surface area is 253 Å². The van der Waals surface area contributed by atoms with Crippen LogP contribution in [0.1, 0.15) is 79.2 Å². The normalized spacial score (nSPS) is 23.7. The summed E-state index contributed by atoms with van der Waals surface area (Å²) in [6, 6.07) is 21.9. The maximum absolute atomic E-state index is 14.0. The summed E-state index contributed by atoms with van der Waals surface area (Å²) in [5.41, 5.74) is 1.72. The molecular weight excluding hydrogens is 548 g/mol. The first-order valence-corrected chi connectivity index (χ1v) is 15.2. The fourth-order valence-corrected chi connectivity index (χ4v) is 6.74. The number of likely N-dealkylation sites (tertiary alicyclic amines) is 1. The van der Waals surface area contributed by atoms with Gasteiger partial charge in [-0.05, 0) is 73.2 Å². The van der Waals surface area contributed by atoms with E-state index in [1.807, 2.05) is 73.3 Å². The molecule has 3 aromatic carbocycles. The second-order valence-corrected chi connectivity index (χ2v) is 12.9. The predicted octanol–water partition coefficient (Wildman–Crippen LogP) is 6.64. The van der Waals surface area contributed by atoms with Gasteiger partial charge in [0.2, 0.25) is 5.91 Å². The fraction of sp³-hybridized carbons (Fsp3) is 0.400. The number of nitrogens with zero attached hydrogens (tertiary/aromatic N) is 1. The summed E-state index contributed by atoms with van der Waals surface area (Å²) < 4.78 is 0. The Morgan fingerprint density at radius 2 is 1.57 bits per heavy atom. The highest BCUT2D eigenvalue weighted by Gasteiger charge is 2.50. The Balaban J connectivity index is 1.33. The number of ketones is 1. The molecule has 0 bridgehead atoms. The number of amides is 2. The van der Waals surface area contributed by atoms with E-state index >= 15 is 0 Å². The Kier molecular flexibility index (Phi) is 8.58. The lowest BCUT2D eigenvalue weighted by atomic mass is 9.66. The van der Waals surface area contributed by atoms with E-state index < -0.39 is 11.0 Å². The zero-order chi connectivity index (χ0) is 30.1. The summed E-state index contributed by atoms with van der Waals surface area (Å²) in [5.74, 6) is -0.714. The number of hydrogen-bond donors (Lipinski definition) is 2. The summed E-state index contributed by atoms with van der Waals surface area (Å²) in [7, 11) is 0. The highest BCUT2D eigenvalue weighted by molar-refractivity contribution is 6.30. The van der Waals surface area contributed by atoms with Gasteiger partial charge in [-0.25, -0.2) is 0 Å². The summed E-state index contributed by atoms with van der Waals surface area (Å²) in [6.07, 6.45) is 3.68. The van der Waals surface area contributed by atoms with Crippen LogP contribution >= 0.6 is 11.6 Å². The molecule has 0 radical (unpaired) electrons. The minimum atomic E-state index is -1.09. The molecule has 1 aliphatic carbocycles. The van der Waals surface area contributed by atoms with E-state index in [9.17, 15) is 19.5 Å². The zero-order valence-corrected chi connectivity index (χ0v) is 25.3. The van der Waals surface area contributed by atoms with Crippen LogP contribution in [0.2, 0.25) is 5.02 Å². The number of carbonyl (C=O) groups is 3. The van der Waals surface area contributed by atoms with Crippen molar-refractivity contribution in [3.8, 4) is 11.1 Å². The van der Waals surface area contributed by atoms with Crippen molar-refractivity contribution >= 4 is 29.2 Å². The van der Waals surface area contributed by atoms with Gasteiger partial charge in [0, 0.05) is 40.7 Å². The van der Waals surface area contributed by atoms with Crippen molar-refractivity contribution in [1.29, 1.82) is 0 Å². The van der Waals surface area contributed by atoms with Gasteiger partial charge in [0.15, 0.2) is 5.78 Å². The van der Waals surface area contributed by atoms with Crippen LogP contribution in [-0.4, -0.2) is 46.7 Å². The third-order valence-electron chi connectivity index (χ3n) is 9.19. The molecular formula is C35H39ClN2O4. The maximum atomic E-state index is 14.0. The summed E-state index contributed by atoms with van der Waals surface area (Å²) in [6.45, 7) is 6.32. The quantitative estimate of drug-likeness (QED) is 0.317. The molecule has 2 amide bonds. The lowest BCUT2D eigenvalue weighted by molar-refractivity contribution is -0.158. The minimum Gasteiger partial charge on any atom is -0.384 e. The van der Waals surface area contributed by atoms with E-state index in [2.05, 4.69) is 5.32 Å². The van der Waals surface area contributed by atoms with Gasteiger partial charge in [-0.15, -0.1) is 0 Å². The van der Waals surface area contributed by atoms with Gasteiger partial charge in [-0.3, -0.25) is 14.4 Å². The number of hydrogen-bond acceptors (Lipinski definition) is 4. The number of aliphatic hydroxyl groups is 1. The molecule has 2 fully saturated rings. The number of Topliss-reactive ketones (excluding diaryl/α,β-unsaturated/α-hetero) is 1. The van der Waals surface area contributed by atoms with Crippen LogP contribution in [0.4, 0.5) is 0 Å². The number of nitrogens with one attached hydrogen (secondary N) is 1. The Morgan fingerprint density at radius 3 is 2.24 bits per heavy atom. The lowest BCUT2D eigenvalue weighted by Gasteiger charge is -2.51. The zero-order valence-electron chi connectivity index (χ0n) is 24.5. The molecule has 2 aliphatic rings. The SMILES string of the molecule is CC(=O)c1cc(C(=O)N[C@@H]2CCCC[C@@H]2C(=O)N2CC[C@](O)(c3ccc(Cl)cc3)C(C)(C)C2)cc(-c2ccccc2)c1. The number of piperidine rings is 1. The summed E-state index contributed by atoms with van der Waals surface area (Å²) in [5, 5.41) is 15.5. The van der Waals surface area contributed by atoms with Crippen molar-refractivity contribution in [3.63, 3.8) is 0 Å². The smallest absolute Gasteiger partial charge is 0.251 e. The second-order valence-electron chi connectivity index (χ2n) is 12.5. The molecule has 3 aromatic rings. The Morgan fingerprint density at radius 1 is 0.905 bits per heavy atom. The van der Waals surface area contributed by atoms with Gasteiger partial charge >= 0.3 is 0 Å². The third kappa shape index (κ3) is 6.02. The van der Waals surface area contributed by atoms with E-state index in [1.165, 1.54) is 6.92 Å². The van der Waals surface area contributed by atoms with Crippen molar-refractivity contribution in [2.24, 2.45) is 11.3 Å². The van der Waals surface area contributed by atoms with Gasteiger partial charge in [-0.2, -0.15) is 0 Å². The van der Waals surface area contributed by atoms with Crippen LogP contribution in [0.15, 0.2) is 72.8 Å². The van der Waals surface area contributed by atoms with E-state index in [4.69, 9.17) is 11.6 Å². The Bertz CT molecular complexity index is 1470. The summed E-state index contributed by atoms with van der Waals surface area (Å²) >= 11 is 6.08. The van der Waals surface area contributed by atoms with Gasteiger partial charge < -0.3 is 15.3 Å². The Hall–Kier alpha value is -3.48. The van der Waals surface area contributed by atoms with Crippen molar-refractivity contribution < 1.29 is 19.5 Å². The molecule has 1 heterocycles. The van der Waals surface area contributed by atoms with E-state index in [0.29, 0.717) is 48.5 Å². The fourth-order valence-electron chi connectivity index (χ4n) is 6.62. The molecule has 1 saturated heterocycles. The first-order chi connectivity index (χ1) is 20.0. The largest absolute Gasteiger partial charge is 0.384 e. The van der Waals surface area contributed by atoms with Crippen LogP contribution in [-0.2, 0) is 10.4 Å². The molecule has 2 N–H and O–H groups in total. The van der Waals surface area contributed by atoms with Crippen LogP contribution in [0, 0.1) is 11.3 Å². The number of halogens is 1. The van der Waals surface area contributed by atoms with Crippen molar-refractivity contribution in [1.82, 2.24) is 10.2 Å². The van der Waals surface area contributed by atoms with E-state index in [1.54, 1.807) is 18.2 Å². The third-order valence-corrected chi connectivity index (χ3v) is 9.44. The first-order valence-electron chi connectivity index (χ1n) is 14.8. The molecule has 7 heteroatoms. The molecule has 220 valence electrons. The second kappa shape index (κ2) is 12.0. The molecule has 5 rings (SSSR count). The summed E-state index contributed by atoms with van der Waals surface area (Å²) in [4.78, 5) is 41.7. The minimum absolute atomic E-state index is 0.0219. The molecule has 6 nitrogen and oxygen atoms in total. The van der Waals surface area contributed by atoms with Gasteiger partial charge in [0.25, 0.3) is 5.91 Å². The van der Waals surface area contributed by atoms with Crippen LogP contribution < -0.4 is 5.32 Å². The standard InChI is InChI=1S/C35H39ClN2O4/c1-23(39)25-19-26(24-9-5-4-6-10-24)21-27(20-25)32(40)37-31-12-8-7-11-30(31)33(41)38-18-17-35(42,34(2,3)22-38)28-13-15-29(36)16-14-28/h4-6,9-10,13-16,19-21,30-31,42H,7-8,11-12,17-18,22H2,1-3H3,(H,37,40)/t30-,31+,35-/m0/s1. The molecule has 1 saturated carbocycles. The van der Waals surface area contributed by atoms with Crippen LogP contribution in [0.5, 0.6) is 0 Å². The molecule has 0 unspecified atom stereocenters. The first kappa shape index (κ1) is 30.0. The van der Waals surface area contributed by atoms with E-state index in [-0.39, 0.29) is 29.6 Å². The highest BCUT2D eigenvalue weighted by atomic mass is 35.5. The maximum Gasteiger partial charge on any atom is 0.251 e. The molecule has 3 atom stereocenters. The van der Waals surface area contributed by atoms with Crippen LogP contribution in [0.25, 0.3) is 11.1 Å². The molecule has 0 spiro atoms. The lowest BCUT2D eigenvalue weighted by Crippen LogP contribution is -2.59. The predicted molar refractivity (Wildman–Crippen MR) is 165 cm³/mol. The van der Waals surface area contributed by atoms with Crippen molar-refractivity contribution in [3.05, 3.63) is 94.5 Å². The molecule has 42 heavy (non-hydrogen) atoms. The van der Waals surface area contributed by atoms with Crippen molar-refractivity contribution in [2.75, 3.05) is 13.1 Å². The highest BCUT2D eigenvalue weighted by Crippen LogP contribution is 2.46. The topological polar surface area (TPSA) is 86.7 Å². The monoisotopic (exact) mass is 586 g/mol. The molecule has 0 aromatic heterocycles. The average molecular weight is 587 g/mol. The van der Waals surface area contributed by atoms with Crippen LogP contribution in [0.3, 0.4) is 0 Å². The molecule has 1 aliphatic heterocycles. The van der Waals surface area contributed by atoms with Gasteiger partial charge in [0.1, 0.15) is 0 Å². The van der Waals surface area contributed by atoms with Gasteiger partial charge in [-0.1, -0.05) is 80.8 Å². The number of benzene rings is 3. The van der Waals surface area contributed by atoms with E-state index in [0.717, 1.165) is 29.5 Å². The number of rotatable bonds is 6. The van der Waals surface area contributed by atoms with Gasteiger partial charge in [0.05, 0.1) is 11.5 Å².